The lowest BCUT2D eigenvalue weighted by Gasteiger charge is -2.06. The summed E-state index contributed by atoms with van der Waals surface area (Å²) in [5.41, 5.74) is 0.419. The van der Waals surface area contributed by atoms with Gasteiger partial charge in [-0.05, 0) is 31.2 Å². The van der Waals surface area contributed by atoms with Crippen LogP contribution in [0.3, 0.4) is 0 Å². The number of H-pyrrole nitrogens is 1. The predicted molar refractivity (Wildman–Crippen MR) is 84.3 cm³/mol. The number of furan rings is 1. The largest absolute Gasteiger partial charge is 0.465 e. The molecule has 0 amide bonds. The van der Waals surface area contributed by atoms with E-state index in [4.69, 9.17) is 16.6 Å². The normalized spacial score (nSPS) is 10.7. The van der Waals surface area contributed by atoms with Gasteiger partial charge in [-0.1, -0.05) is 24.4 Å². The number of para-hydroxylation sites is 1. The summed E-state index contributed by atoms with van der Waals surface area (Å²) in [7, 11) is 0. The molecule has 0 spiro atoms. The van der Waals surface area contributed by atoms with Gasteiger partial charge in [0.15, 0.2) is 5.82 Å². The molecule has 1 aromatic carbocycles. The Balaban J connectivity index is 1.83. The Hall–Kier alpha value is -2.47. The molecule has 5 nitrogen and oxygen atoms in total. The Morgan fingerprint density at radius 3 is 2.90 bits per heavy atom. The van der Waals surface area contributed by atoms with E-state index in [0.717, 1.165) is 11.5 Å². The van der Waals surface area contributed by atoms with Gasteiger partial charge in [-0.25, -0.2) is 4.98 Å². The molecule has 0 unspecified atom stereocenters. The fraction of sp³-hybridized carbons (Fsp3) is 0.133. The van der Waals surface area contributed by atoms with Gasteiger partial charge in [-0.3, -0.25) is 4.79 Å². The summed E-state index contributed by atoms with van der Waals surface area (Å²) in [6.07, 6.45) is 0. The van der Waals surface area contributed by atoms with Gasteiger partial charge in [0, 0.05) is 0 Å². The van der Waals surface area contributed by atoms with Crippen LogP contribution in [0.1, 0.15) is 17.3 Å². The van der Waals surface area contributed by atoms with E-state index in [1.165, 1.54) is 0 Å². The number of aromatic nitrogens is 2. The van der Waals surface area contributed by atoms with Gasteiger partial charge in [0.1, 0.15) is 16.5 Å². The molecule has 0 fully saturated rings. The second kappa shape index (κ2) is 5.49. The lowest BCUT2D eigenvalue weighted by molar-refractivity contribution is 0.478. The minimum atomic E-state index is -0.200. The Labute approximate surface area is 126 Å². The molecule has 106 valence electrons. The fourth-order valence-electron chi connectivity index (χ4n) is 2.03. The van der Waals surface area contributed by atoms with E-state index in [1.807, 2.05) is 25.1 Å². The number of nitrogens with zero attached hydrogens (tertiary/aromatic N) is 1. The van der Waals surface area contributed by atoms with Crippen LogP contribution in [-0.4, -0.2) is 15.0 Å². The zero-order valence-electron chi connectivity index (χ0n) is 11.3. The quantitative estimate of drug-likeness (QED) is 0.726. The van der Waals surface area contributed by atoms with Crippen molar-refractivity contribution < 1.29 is 4.42 Å². The van der Waals surface area contributed by atoms with Crippen molar-refractivity contribution in [3.05, 3.63) is 64.1 Å². The molecule has 0 saturated carbocycles. The van der Waals surface area contributed by atoms with Gasteiger partial charge in [-0.2, -0.15) is 0 Å². The highest BCUT2D eigenvalue weighted by atomic mass is 32.1. The lowest BCUT2D eigenvalue weighted by Crippen LogP contribution is -2.26. The number of thiocarbonyl (C=S) groups is 1. The molecule has 3 rings (SSSR count). The first-order valence-electron chi connectivity index (χ1n) is 6.46. The first-order chi connectivity index (χ1) is 10.1. The molecule has 2 N–H and O–H groups in total. The van der Waals surface area contributed by atoms with E-state index in [0.29, 0.717) is 28.3 Å². The number of nitrogens with one attached hydrogen (secondary N) is 2. The van der Waals surface area contributed by atoms with Crippen molar-refractivity contribution >= 4 is 28.1 Å². The summed E-state index contributed by atoms with van der Waals surface area (Å²) in [5.74, 6) is 1.98. The Kier molecular flexibility index (Phi) is 3.53. The van der Waals surface area contributed by atoms with E-state index in [2.05, 4.69) is 15.3 Å². The number of rotatable bonds is 3. The number of fused-ring (bicyclic) bond motifs is 1. The minimum Gasteiger partial charge on any atom is -0.465 e. The number of hydrogen-bond acceptors (Lipinski definition) is 4. The zero-order valence-corrected chi connectivity index (χ0v) is 12.2. The van der Waals surface area contributed by atoms with Gasteiger partial charge in [0.05, 0.1) is 17.4 Å². The summed E-state index contributed by atoms with van der Waals surface area (Å²) in [6.45, 7) is 2.33. The van der Waals surface area contributed by atoms with Crippen molar-refractivity contribution in [3.8, 4) is 0 Å². The molecule has 0 radical (unpaired) electrons. The van der Waals surface area contributed by atoms with Crippen LogP contribution >= 0.6 is 12.2 Å². The van der Waals surface area contributed by atoms with Gasteiger partial charge in [0.2, 0.25) is 0 Å². The van der Waals surface area contributed by atoms with Crippen LogP contribution in [0.2, 0.25) is 0 Å². The minimum absolute atomic E-state index is 0.200. The highest BCUT2D eigenvalue weighted by molar-refractivity contribution is 7.80. The maximum Gasteiger partial charge on any atom is 0.259 e. The monoisotopic (exact) mass is 299 g/mol. The summed E-state index contributed by atoms with van der Waals surface area (Å²) in [4.78, 5) is 19.4. The molecule has 0 atom stereocenters. The van der Waals surface area contributed by atoms with Gasteiger partial charge in [-0.15, -0.1) is 0 Å². The first-order valence-corrected chi connectivity index (χ1v) is 6.87. The molecular formula is C15H13N3O2S. The highest BCUT2D eigenvalue weighted by Crippen LogP contribution is 2.07. The molecule has 0 aliphatic carbocycles. The topological polar surface area (TPSA) is 70.9 Å². The van der Waals surface area contributed by atoms with Gasteiger partial charge in [0.25, 0.3) is 5.56 Å². The summed E-state index contributed by atoms with van der Waals surface area (Å²) in [6, 6.07) is 10.9. The predicted octanol–water partition coefficient (Wildman–Crippen LogP) is 2.29. The number of benzene rings is 1. The van der Waals surface area contributed by atoms with E-state index in [-0.39, 0.29) is 5.56 Å². The van der Waals surface area contributed by atoms with E-state index in [9.17, 15) is 4.79 Å². The maximum atomic E-state index is 12.0. The highest BCUT2D eigenvalue weighted by Gasteiger charge is 2.08. The van der Waals surface area contributed by atoms with Crippen LogP contribution in [0, 0.1) is 6.92 Å². The van der Waals surface area contributed by atoms with E-state index < -0.39 is 0 Å². The molecule has 2 heterocycles. The van der Waals surface area contributed by atoms with Crippen molar-refractivity contribution in [2.24, 2.45) is 0 Å². The third-order valence-electron chi connectivity index (χ3n) is 3.05. The molecular weight excluding hydrogens is 286 g/mol. The molecule has 2 aromatic heterocycles. The fourth-order valence-corrected chi connectivity index (χ4v) is 2.19. The molecule has 0 aliphatic rings. The number of aromatic amines is 1. The Morgan fingerprint density at radius 1 is 1.33 bits per heavy atom. The van der Waals surface area contributed by atoms with Crippen LogP contribution in [0.5, 0.6) is 0 Å². The van der Waals surface area contributed by atoms with Crippen LogP contribution in [0.15, 0.2) is 45.6 Å². The third-order valence-corrected chi connectivity index (χ3v) is 3.38. The molecule has 6 heteroatoms. The average Bonchev–Trinajstić information content (AvgIpc) is 2.90. The van der Waals surface area contributed by atoms with E-state index >= 15 is 0 Å². The van der Waals surface area contributed by atoms with Crippen molar-refractivity contribution in [3.63, 3.8) is 0 Å². The second-order valence-corrected chi connectivity index (χ2v) is 5.03. The van der Waals surface area contributed by atoms with Crippen LogP contribution < -0.4 is 10.9 Å². The van der Waals surface area contributed by atoms with Crippen LogP contribution in [0.25, 0.3) is 10.9 Å². The maximum absolute atomic E-state index is 12.0. The molecule has 0 aliphatic heterocycles. The summed E-state index contributed by atoms with van der Waals surface area (Å²) < 4.78 is 5.45. The van der Waals surface area contributed by atoms with Crippen molar-refractivity contribution in [1.82, 2.24) is 15.3 Å². The molecule has 0 saturated heterocycles. The first kappa shape index (κ1) is 13.5. The van der Waals surface area contributed by atoms with E-state index in [1.54, 1.807) is 18.2 Å². The van der Waals surface area contributed by atoms with Crippen molar-refractivity contribution in [2.45, 2.75) is 13.5 Å². The summed E-state index contributed by atoms with van der Waals surface area (Å²) in [5, 5.41) is 3.57. The van der Waals surface area contributed by atoms with Gasteiger partial charge < -0.3 is 14.7 Å². The molecule has 0 bridgehead atoms. The second-order valence-electron chi connectivity index (χ2n) is 4.63. The number of aryl methyl sites for hydroxylation is 1. The third kappa shape index (κ3) is 2.85. The molecule has 3 aromatic rings. The SMILES string of the molecule is Cc1ccc(CNC(=S)c2nc3ccccc3c(=O)[nH]2)o1. The van der Waals surface area contributed by atoms with Gasteiger partial charge >= 0.3 is 0 Å². The van der Waals surface area contributed by atoms with Crippen molar-refractivity contribution in [2.75, 3.05) is 0 Å². The van der Waals surface area contributed by atoms with Crippen molar-refractivity contribution in [1.29, 1.82) is 0 Å². The molecule has 21 heavy (non-hydrogen) atoms. The zero-order chi connectivity index (χ0) is 14.8. The Morgan fingerprint density at radius 2 is 2.14 bits per heavy atom. The lowest BCUT2D eigenvalue weighted by atomic mass is 10.2. The smallest absolute Gasteiger partial charge is 0.259 e. The number of hydrogen-bond donors (Lipinski definition) is 2. The summed E-state index contributed by atoms with van der Waals surface area (Å²) >= 11 is 5.26. The van der Waals surface area contributed by atoms with Crippen LogP contribution in [0.4, 0.5) is 0 Å². The standard InChI is InChI=1S/C15H13N3O2S/c1-9-6-7-10(20-9)8-16-15(21)13-17-12-5-3-2-4-11(12)14(19)18-13/h2-7H,8H2,1H3,(H,16,21)(H,17,18,19). The average molecular weight is 299 g/mol. The Bertz CT molecular complexity index is 866. The van der Waals surface area contributed by atoms with Crippen LogP contribution in [-0.2, 0) is 6.54 Å².